The lowest BCUT2D eigenvalue weighted by Gasteiger charge is -2.39. The molecule has 5 aliphatic rings. The van der Waals surface area contributed by atoms with E-state index in [9.17, 15) is 43.2 Å². The van der Waals surface area contributed by atoms with E-state index < -0.39 is 59.4 Å². The maximum atomic E-state index is 14.2. The molecule has 7 aromatic rings. The lowest BCUT2D eigenvalue weighted by molar-refractivity contribution is -0.916. The van der Waals surface area contributed by atoms with E-state index in [4.69, 9.17) is 51.5 Å². The van der Waals surface area contributed by atoms with Gasteiger partial charge in [0.25, 0.3) is 17.7 Å². The average molecular weight is 1360 g/mol. The monoisotopic (exact) mass is 1360 g/mol. The molecule has 5 aliphatic heterocycles. The van der Waals surface area contributed by atoms with Crippen molar-refractivity contribution in [3.05, 3.63) is 168 Å². The number of carbonyl (C=O) groups is 3. The Labute approximate surface area is 557 Å². The predicted molar refractivity (Wildman–Crippen MR) is 351 cm³/mol. The summed E-state index contributed by atoms with van der Waals surface area (Å²) in [6.07, 6.45) is -2.63. The number of amides is 3. The maximum Gasteiger partial charge on any atom is 0.501 e. The van der Waals surface area contributed by atoms with Crippen molar-refractivity contribution in [2.75, 3.05) is 54.7 Å². The van der Waals surface area contributed by atoms with E-state index in [0.29, 0.717) is 95.6 Å². The number of thiophene rings is 2. The first-order valence-electron chi connectivity index (χ1n) is 30.9. The number of nitrogens with one attached hydrogen (secondary N) is 1. The number of hydrogen-bond acceptors (Lipinski definition) is 22. The highest BCUT2D eigenvalue weighted by molar-refractivity contribution is 7.82. The molecule has 2 aromatic heterocycles. The predicted octanol–water partition coefficient (Wildman–Crippen LogP) is 7.37. The van der Waals surface area contributed by atoms with Crippen LogP contribution < -0.4 is 37.4 Å². The number of methoxy groups -OCH3 is 2. The Morgan fingerprint density at radius 2 is 1.23 bits per heavy atom. The topological polar surface area (TPSA) is 293 Å². The quantitative estimate of drug-likeness (QED) is 0.0276. The second-order valence-electron chi connectivity index (χ2n) is 24.3. The number of aliphatic hydroxyl groups excluding tert-OH is 4. The fourth-order valence-corrected chi connectivity index (χ4v) is 14.8. The SMILES string of the molecule is CCCOCCNC(=O)c1ccc(OC2O[C@H](CO)[C@H](O)[C@H](O)[C@H]2O)c(OS(=O)(=O)Oc2ccc(C[N+](C)(C)Cc3cc(COc4cc5c(cc4OC)C(=O)N4Cc6ccsc6C[C@H]4C=N5)cc(COc4cc5c(cc4OC)C(=O)N4Cc6ccsc6C[C@H]4C=N5)c3)cc2)c1. The van der Waals surface area contributed by atoms with E-state index in [1.54, 1.807) is 59.1 Å². The maximum absolute atomic E-state index is 14.2. The summed E-state index contributed by atoms with van der Waals surface area (Å²) in [5.41, 5.74) is 7.29. The van der Waals surface area contributed by atoms with Gasteiger partial charge in [0.05, 0.1) is 76.1 Å². The van der Waals surface area contributed by atoms with Gasteiger partial charge in [-0.1, -0.05) is 6.92 Å². The number of carbonyl (C=O) groups excluding carboxylic acids is 3. The van der Waals surface area contributed by atoms with Gasteiger partial charge in [0.15, 0.2) is 34.5 Å². The minimum Gasteiger partial charge on any atom is -0.493 e. The molecule has 500 valence electrons. The Balaban J connectivity index is 0.770. The summed E-state index contributed by atoms with van der Waals surface area (Å²) in [5, 5.41) is 48.1. The van der Waals surface area contributed by atoms with Crippen molar-refractivity contribution in [2.24, 2.45) is 9.98 Å². The third-order valence-corrected chi connectivity index (χ3v) is 19.6. The highest BCUT2D eigenvalue weighted by Gasteiger charge is 2.45. The van der Waals surface area contributed by atoms with Gasteiger partial charge < -0.3 is 81.5 Å². The van der Waals surface area contributed by atoms with Gasteiger partial charge in [0.1, 0.15) is 56.5 Å². The van der Waals surface area contributed by atoms with Crippen LogP contribution in [0.5, 0.6) is 40.2 Å². The fourth-order valence-electron chi connectivity index (χ4n) is 12.2. The number of hydrogen-bond donors (Lipinski definition) is 5. The molecule has 27 heteroatoms. The number of aliphatic imine (C=N–C) groups is 2. The smallest absolute Gasteiger partial charge is 0.493 e. The highest BCUT2D eigenvalue weighted by Crippen LogP contribution is 2.42. The van der Waals surface area contributed by atoms with E-state index in [1.807, 2.05) is 61.4 Å². The molecule has 1 unspecified atom stereocenters. The Morgan fingerprint density at radius 1 is 0.663 bits per heavy atom. The van der Waals surface area contributed by atoms with Gasteiger partial charge in [0, 0.05) is 90.1 Å². The molecule has 0 spiro atoms. The number of ether oxygens (including phenoxy) is 7. The normalized spacial score (nSPS) is 20.4. The van der Waals surface area contributed by atoms with Crippen molar-refractivity contribution in [3.63, 3.8) is 0 Å². The molecule has 3 amide bonds. The molecule has 7 heterocycles. The zero-order valence-corrected chi connectivity index (χ0v) is 55.2. The Bertz CT molecular complexity index is 4020. The van der Waals surface area contributed by atoms with Crippen LogP contribution in [0, 0.1) is 0 Å². The third-order valence-electron chi connectivity index (χ3n) is 16.9. The molecule has 0 bridgehead atoms. The Morgan fingerprint density at radius 3 is 1.79 bits per heavy atom. The first-order chi connectivity index (χ1) is 45.8. The van der Waals surface area contributed by atoms with Crippen molar-refractivity contribution in [1.82, 2.24) is 15.1 Å². The second-order valence-corrected chi connectivity index (χ2v) is 27.4. The van der Waals surface area contributed by atoms with Crippen molar-refractivity contribution < 1.29 is 89.2 Å². The van der Waals surface area contributed by atoms with Crippen LogP contribution in [0.2, 0.25) is 0 Å². The van der Waals surface area contributed by atoms with Crippen LogP contribution in [0.3, 0.4) is 0 Å². The first-order valence-corrected chi connectivity index (χ1v) is 34.0. The third kappa shape index (κ3) is 15.0. The highest BCUT2D eigenvalue weighted by atomic mass is 32.3. The van der Waals surface area contributed by atoms with Crippen molar-refractivity contribution in [2.45, 2.75) is 108 Å². The van der Waals surface area contributed by atoms with E-state index in [-0.39, 0.29) is 67.3 Å². The average Bonchev–Trinajstić information content (AvgIpc) is 1.70. The van der Waals surface area contributed by atoms with E-state index in [2.05, 4.69) is 28.2 Å². The van der Waals surface area contributed by atoms with Gasteiger partial charge in [-0.25, -0.2) is 0 Å². The van der Waals surface area contributed by atoms with Crippen LogP contribution in [0.15, 0.2) is 118 Å². The summed E-state index contributed by atoms with van der Waals surface area (Å²) in [4.78, 5) is 57.4. The van der Waals surface area contributed by atoms with Gasteiger partial charge in [-0.15, -0.1) is 31.1 Å². The minimum atomic E-state index is -5.00. The molecular weight excluding hydrogens is 1280 g/mol. The molecular formula is C68H73N6O18S3+. The molecule has 1 saturated heterocycles. The summed E-state index contributed by atoms with van der Waals surface area (Å²) < 4.78 is 80.4. The summed E-state index contributed by atoms with van der Waals surface area (Å²) in [7, 11) is 2.14. The van der Waals surface area contributed by atoms with Gasteiger partial charge >= 0.3 is 10.4 Å². The van der Waals surface area contributed by atoms with Gasteiger partial charge in [-0.05, 0) is 124 Å². The molecule has 0 radical (unpaired) electrons. The molecule has 5 aromatic carbocycles. The second kappa shape index (κ2) is 28.5. The molecule has 0 aliphatic carbocycles. The number of fused-ring (bicyclic) bond motifs is 6. The molecule has 95 heavy (non-hydrogen) atoms. The summed E-state index contributed by atoms with van der Waals surface area (Å²) in [5.74, 6) is -0.417. The molecule has 0 saturated carbocycles. The van der Waals surface area contributed by atoms with Gasteiger partial charge in [-0.2, -0.15) is 0 Å². The van der Waals surface area contributed by atoms with Crippen LogP contribution in [0.25, 0.3) is 0 Å². The van der Waals surface area contributed by atoms with E-state index >= 15 is 0 Å². The van der Waals surface area contributed by atoms with E-state index in [0.717, 1.165) is 45.9 Å². The molecule has 5 N–H and O–H groups in total. The molecule has 12 rings (SSSR count). The zero-order chi connectivity index (χ0) is 66.7. The largest absolute Gasteiger partial charge is 0.501 e. The Hall–Kier alpha value is -8.48. The first kappa shape index (κ1) is 66.5. The lowest BCUT2D eigenvalue weighted by Crippen LogP contribution is -2.60. The minimum absolute atomic E-state index is 0.0446. The van der Waals surface area contributed by atoms with Crippen LogP contribution in [-0.2, 0) is 72.1 Å². The van der Waals surface area contributed by atoms with Crippen molar-refractivity contribution >= 4 is 74.6 Å². The number of nitrogens with zero attached hydrogens (tertiary/aromatic N) is 5. The standard InChI is InChI=1S/C68H72N6O18S3/c1-6-16-86-17-15-69-65(79)43-9-12-53(89-68-64(78)63(77)62(76)59(36-75)90-68)58(23-43)92-95(82,83)91-48-10-7-39(8-11-48)34-74(2,3)35-40-20-41(37-87-56-28-51-49(26-54(56)84-4)66(80)72-32-44-13-18-93-60(44)24-46(72)30-70-51)22-42(21-40)38-88-57-29-52-50(27-55(57)85-5)67(81)73-33-45-14-19-94-61(45)25-47(73)31-71-52/h7-14,18-23,26-31,46-47,59,62-64,68,75-78H,6,15-17,24-25,32-38H2,1-5H3/p+1/t46-,47-,59+,62-,63-,64+,68?/m0/s1. The van der Waals surface area contributed by atoms with Crippen molar-refractivity contribution in [1.29, 1.82) is 0 Å². The Kier molecular flexibility index (Phi) is 19.9. The van der Waals surface area contributed by atoms with Crippen molar-refractivity contribution in [3.8, 4) is 40.2 Å². The fraction of sp³-hybridized carbons (Fsp3) is 0.368. The van der Waals surface area contributed by atoms with Crippen LogP contribution in [0.1, 0.15) is 87.6 Å². The molecule has 7 atom stereocenters. The van der Waals surface area contributed by atoms with Crippen LogP contribution in [0.4, 0.5) is 11.4 Å². The van der Waals surface area contributed by atoms with Crippen LogP contribution >= 0.6 is 22.7 Å². The lowest BCUT2D eigenvalue weighted by atomic mass is 9.99. The number of benzene rings is 5. The van der Waals surface area contributed by atoms with Gasteiger partial charge in [-0.3, -0.25) is 24.4 Å². The van der Waals surface area contributed by atoms with E-state index in [1.165, 1.54) is 48.2 Å². The number of quaternary nitrogens is 1. The summed E-state index contributed by atoms with van der Waals surface area (Å²) >= 11 is 3.37. The summed E-state index contributed by atoms with van der Waals surface area (Å²) in [6.45, 7) is 4.11. The molecule has 1 fully saturated rings. The van der Waals surface area contributed by atoms with Gasteiger partial charge in [0.2, 0.25) is 6.29 Å². The molecule has 24 nitrogen and oxygen atoms in total. The summed E-state index contributed by atoms with van der Waals surface area (Å²) in [6, 6.07) is 26.6. The number of aliphatic hydroxyl groups is 4. The zero-order valence-electron chi connectivity index (χ0n) is 52.7. The van der Waals surface area contributed by atoms with Crippen LogP contribution in [-0.4, -0.2) is 171 Å². The number of rotatable bonds is 25.